The van der Waals surface area contributed by atoms with E-state index in [2.05, 4.69) is 15.4 Å². The van der Waals surface area contributed by atoms with E-state index in [-0.39, 0.29) is 0 Å². The molecule has 4 nitrogen and oxygen atoms in total. The molecule has 1 aromatic carbocycles. The molecule has 1 saturated carbocycles. The van der Waals surface area contributed by atoms with E-state index in [1.165, 1.54) is 32.1 Å². The number of tetrazole rings is 1. The van der Waals surface area contributed by atoms with Crippen molar-refractivity contribution in [1.82, 2.24) is 20.2 Å². The van der Waals surface area contributed by atoms with Crippen LogP contribution in [0.3, 0.4) is 0 Å². The highest BCUT2D eigenvalue weighted by atomic mass is 15.6. The Hall–Kier alpha value is -1.71. The molecule has 4 heteroatoms. The first-order chi connectivity index (χ1) is 8.43. The molecule has 1 aliphatic rings. The van der Waals surface area contributed by atoms with Crippen LogP contribution in [0.1, 0.15) is 43.8 Å². The Morgan fingerprint density at radius 1 is 1.00 bits per heavy atom. The highest BCUT2D eigenvalue weighted by molar-refractivity contribution is 5.28. The number of hydrogen-bond acceptors (Lipinski definition) is 3. The average Bonchev–Trinajstić information content (AvgIpc) is 2.90. The standard InChI is InChI=1S/C13H16N4/c1-3-7-11(8-4-1)13-14-16-17(15-13)12-9-5-2-6-10-12/h2,5-6,9-11H,1,3-4,7-8H2. The van der Waals surface area contributed by atoms with Crippen LogP contribution < -0.4 is 0 Å². The molecule has 1 heterocycles. The van der Waals surface area contributed by atoms with Gasteiger partial charge in [-0.3, -0.25) is 0 Å². The molecule has 1 aliphatic carbocycles. The number of hydrogen-bond donors (Lipinski definition) is 0. The number of aromatic nitrogens is 4. The van der Waals surface area contributed by atoms with Gasteiger partial charge < -0.3 is 0 Å². The van der Waals surface area contributed by atoms with Crippen LogP contribution in [-0.2, 0) is 0 Å². The van der Waals surface area contributed by atoms with Gasteiger partial charge in [0.05, 0.1) is 5.69 Å². The molecule has 0 spiro atoms. The first-order valence-electron chi connectivity index (χ1n) is 6.29. The van der Waals surface area contributed by atoms with Crippen LogP contribution in [0.5, 0.6) is 0 Å². The van der Waals surface area contributed by atoms with Crippen molar-refractivity contribution < 1.29 is 0 Å². The number of nitrogens with zero attached hydrogens (tertiary/aromatic N) is 4. The van der Waals surface area contributed by atoms with E-state index in [1.54, 1.807) is 4.80 Å². The summed E-state index contributed by atoms with van der Waals surface area (Å²) in [5, 5.41) is 12.8. The lowest BCUT2D eigenvalue weighted by molar-refractivity contribution is 0.428. The second-order valence-electron chi connectivity index (χ2n) is 4.61. The van der Waals surface area contributed by atoms with E-state index >= 15 is 0 Å². The quantitative estimate of drug-likeness (QED) is 0.793. The summed E-state index contributed by atoms with van der Waals surface area (Å²) < 4.78 is 0. The highest BCUT2D eigenvalue weighted by Crippen LogP contribution is 2.30. The van der Waals surface area contributed by atoms with Crippen LogP contribution in [0, 0.1) is 0 Å². The lowest BCUT2D eigenvalue weighted by Gasteiger charge is -2.17. The maximum Gasteiger partial charge on any atom is 0.178 e. The Balaban J connectivity index is 1.83. The second kappa shape index (κ2) is 4.65. The van der Waals surface area contributed by atoms with Crippen molar-refractivity contribution in [2.24, 2.45) is 0 Å². The summed E-state index contributed by atoms with van der Waals surface area (Å²) in [6.07, 6.45) is 6.36. The largest absolute Gasteiger partial charge is 0.178 e. The van der Waals surface area contributed by atoms with Crippen molar-refractivity contribution in [3.8, 4) is 5.69 Å². The first-order valence-corrected chi connectivity index (χ1v) is 6.29. The van der Waals surface area contributed by atoms with Gasteiger partial charge in [-0.2, -0.15) is 0 Å². The van der Waals surface area contributed by atoms with Crippen molar-refractivity contribution in [1.29, 1.82) is 0 Å². The maximum absolute atomic E-state index is 4.50. The Morgan fingerprint density at radius 2 is 1.76 bits per heavy atom. The molecule has 1 aromatic heterocycles. The normalized spacial score (nSPS) is 17.2. The van der Waals surface area contributed by atoms with Gasteiger partial charge in [-0.25, -0.2) is 0 Å². The molecule has 1 fully saturated rings. The van der Waals surface area contributed by atoms with E-state index in [4.69, 9.17) is 0 Å². The summed E-state index contributed by atoms with van der Waals surface area (Å²) in [4.78, 5) is 1.63. The van der Waals surface area contributed by atoms with Crippen molar-refractivity contribution in [3.63, 3.8) is 0 Å². The van der Waals surface area contributed by atoms with Gasteiger partial charge in [0, 0.05) is 5.92 Å². The topological polar surface area (TPSA) is 43.6 Å². The van der Waals surface area contributed by atoms with E-state index in [9.17, 15) is 0 Å². The molecule has 0 saturated heterocycles. The highest BCUT2D eigenvalue weighted by Gasteiger charge is 2.20. The maximum atomic E-state index is 4.50. The molecular formula is C13H16N4. The zero-order valence-electron chi connectivity index (χ0n) is 9.79. The third-order valence-electron chi connectivity index (χ3n) is 3.39. The molecule has 0 atom stereocenters. The first kappa shape index (κ1) is 10.4. The molecule has 17 heavy (non-hydrogen) atoms. The average molecular weight is 228 g/mol. The number of benzene rings is 1. The van der Waals surface area contributed by atoms with Crippen LogP contribution in [0.15, 0.2) is 30.3 Å². The lowest BCUT2D eigenvalue weighted by atomic mass is 9.89. The van der Waals surface area contributed by atoms with E-state index < -0.39 is 0 Å². The summed E-state index contributed by atoms with van der Waals surface area (Å²) in [7, 11) is 0. The van der Waals surface area contributed by atoms with Crippen LogP contribution >= 0.6 is 0 Å². The van der Waals surface area contributed by atoms with Gasteiger partial charge in [0.1, 0.15) is 0 Å². The molecule has 0 aliphatic heterocycles. The summed E-state index contributed by atoms with van der Waals surface area (Å²) in [5.41, 5.74) is 0.974. The van der Waals surface area contributed by atoms with Gasteiger partial charge in [-0.1, -0.05) is 37.5 Å². The number of rotatable bonds is 2. The molecule has 88 valence electrons. The summed E-state index contributed by atoms with van der Waals surface area (Å²) >= 11 is 0. The smallest absolute Gasteiger partial charge is 0.131 e. The van der Waals surface area contributed by atoms with Crippen LogP contribution in [0.4, 0.5) is 0 Å². The minimum Gasteiger partial charge on any atom is -0.131 e. The van der Waals surface area contributed by atoms with Crippen molar-refractivity contribution in [3.05, 3.63) is 36.2 Å². The van der Waals surface area contributed by atoms with Crippen LogP contribution in [-0.4, -0.2) is 20.2 Å². The fourth-order valence-corrected chi connectivity index (χ4v) is 2.42. The summed E-state index contributed by atoms with van der Waals surface area (Å²) in [6.45, 7) is 0. The fraction of sp³-hybridized carbons (Fsp3) is 0.462. The van der Waals surface area contributed by atoms with Crippen LogP contribution in [0.25, 0.3) is 5.69 Å². The van der Waals surface area contributed by atoms with Gasteiger partial charge in [-0.15, -0.1) is 15.0 Å². The minimum absolute atomic E-state index is 0.515. The second-order valence-corrected chi connectivity index (χ2v) is 4.61. The van der Waals surface area contributed by atoms with Crippen molar-refractivity contribution >= 4 is 0 Å². The molecular weight excluding hydrogens is 212 g/mol. The Morgan fingerprint density at radius 3 is 2.53 bits per heavy atom. The van der Waals surface area contributed by atoms with Gasteiger partial charge in [0.25, 0.3) is 0 Å². The zero-order valence-corrected chi connectivity index (χ0v) is 9.79. The van der Waals surface area contributed by atoms with E-state index in [0.717, 1.165) is 11.5 Å². The molecule has 0 N–H and O–H groups in total. The predicted molar refractivity (Wildman–Crippen MR) is 65.0 cm³/mol. The lowest BCUT2D eigenvalue weighted by Crippen LogP contribution is -2.07. The molecule has 2 aromatic rings. The Bertz CT molecular complexity index is 471. The third-order valence-corrected chi connectivity index (χ3v) is 3.39. The van der Waals surface area contributed by atoms with E-state index in [1.807, 2.05) is 30.3 Å². The SMILES string of the molecule is c1ccc(-n2nnc(C3CCCCC3)n2)cc1. The number of para-hydroxylation sites is 1. The monoisotopic (exact) mass is 228 g/mol. The zero-order chi connectivity index (χ0) is 11.5. The summed E-state index contributed by atoms with van der Waals surface area (Å²) in [5.74, 6) is 1.43. The predicted octanol–water partition coefficient (Wildman–Crippen LogP) is 2.71. The molecule has 0 unspecified atom stereocenters. The van der Waals surface area contributed by atoms with Gasteiger partial charge in [-0.05, 0) is 30.2 Å². The van der Waals surface area contributed by atoms with Gasteiger partial charge in [0.2, 0.25) is 0 Å². The van der Waals surface area contributed by atoms with Gasteiger partial charge in [0.15, 0.2) is 5.82 Å². The van der Waals surface area contributed by atoms with Crippen molar-refractivity contribution in [2.45, 2.75) is 38.0 Å². The molecule has 0 radical (unpaired) electrons. The van der Waals surface area contributed by atoms with E-state index in [0.29, 0.717) is 5.92 Å². The summed E-state index contributed by atoms with van der Waals surface area (Å²) in [6, 6.07) is 9.94. The minimum atomic E-state index is 0.515. The van der Waals surface area contributed by atoms with Crippen molar-refractivity contribution in [2.75, 3.05) is 0 Å². The third kappa shape index (κ3) is 2.20. The molecule has 3 rings (SSSR count). The Kier molecular flexibility index (Phi) is 2.86. The fourth-order valence-electron chi connectivity index (χ4n) is 2.42. The molecule has 0 amide bonds. The Labute approximate surface area is 101 Å². The molecule has 0 bridgehead atoms. The van der Waals surface area contributed by atoms with Crippen LogP contribution in [0.2, 0.25) is 0 Å². The van der Waals surface area contributed by atoms with Gasteiger partial charge >= 0.3 is 0 Å².